The molecule has 1 aliphatic rings. The van der Waals surface area contributed by atoms with E-state index in [0.717, 1.165) is 12.1 Å². The minimum atomic E-state index is -0.651. The smallest absolute Gasteiger partial charge is 0.245 e. The maximum atomic E-state index is 14.0. The number of ether oxygens (including phenoxy) is 1. The van der Waals surface area contributed by atoms with Gasteiger partial charge in [-0.05, 0) is 57.3 Å². The summed E-state index contributed by atoms with van der Waals surface area (Å²) in [4.78, 5) is 35.0. The molecule has 2 atom stereocenters. The lowest BCUT2D eigenvalue weighted by atomic mass is 10.0. The van der Waals surface area contributed by atoms with Crippen LogP contribution in [0.2, 0.25) is 10.0 Å². The summed E-state index contributed by atoms with van der Waals surface area (Å²) in [5.74, 6) is -0.137. The Morgan fingerprint density at radius 3 is 2.38 bits per heavy atom. The Hall–Kier alpha value is -2.36. The zero-order valence-corrected chi connectivity index (χ0v) is 25.8. The van der Waals surface area contributed by atoms with E-state index in [-0.39, 0.29) is 24.4 Å². The van der Waals surface area contributed by atoms with Crippen LogP contribution in [0.4, 0.5) is 5.69 Å². The predicted molar refractivity (Wildman–Crippen MR) is 163 cm³/mol. The molecule has 1 saturated heterocycles. The highest BCUT2D eigenvalue weighted by Crippen LogP contribution is 2.26. The molecular weight excluding hydrogens is 549 g/mol. The van der Waals surface area contributed by atoms with Crippen LogP contribution in [-0.4, -0.2) is 106 Å². The second kappa shape index (κ2) is 15.6. The van der Waals surface area contributed by atoms with E-state index >= 15 is 0 Å². The van der Waals surface area contributed by atoms with Gasteiger partial charge in [0.2, 0.25) is 11.8 Å². The normalized spacial score (nSPS) is 15.3. The largest absolute Gasteiger partial charge is 0.383 e. The third-order valence-corrected chi connectivity index (χ3v) is 7.77. The number of hydrogen-bond donors (Lipinski definition) is 1. The van der Waals surface area contributed by atoms with Gasteiger partial charge in [-0.3, -0.25) is 9.59 Å². The van der Waals surface area contributed by atoms with Gasteiger partial charge in [0.25, 0.3) is 0 Å². The van der Waals surface area contributed by atoms with Gasteiger partial charge in [0.05, 0.1) is 13.2 Å². The van der Waals surface area contributed by atoms with Crippen molar-refractivity contribution >= 4 is 40.7 Å². The highest BCUT2D eigenvalue weighted by atomic mass is 35.5. The number of carbonyl (C=O) groups is 2. The van der Waals surface area contributed by atoms with Gasteiger partial charge in [-0.2, -0.15) is 0 Å². The highest BCUT2D eigenvalue weighted by molar-refractivity contribution is 6.35. The second-order valence-electron chi connectivity index (χ2n) is 10.6. The Balaban J connectivity index is 1.76. The summed E-state index contributed by atoms with van der Waals surface area (Å²) in [6.07, 6.45) is 0.330. The number of rotatable bonds is 13. The van der Waals surface area contributed by atoms with E-state index in [1.807, 2.05) is 36.9 Å². The first kappa shape index (κ1) is 32.2. The monoisotopic (exact) mass is 591 g/mol. The molecule has 220 valence electrons. The van der Waals surface area contributed by atoms with E-state index in [1.165, 1.54) is 11.3 Å². The summed E-state index contributed by atoms with van der Waals surface area (Å²) in [5.41, 5.74) is 3.18. The van der Waals surface area contributed by atoms with Gasteiger partial charge in [-0.25, -0.2) is 0 Å². The molecule has 0 bridgehead atoms. The summed E-state index contributed by atoms with van der Waals surface area (Å²) in [6, 6.07) is 13.3. The molecule has 2 amide bonds. The number of anilines is 1. The summed E-state index contributed by atoms with van der Waals surface area (Å²) in [6.45, 7) is 8.63. The summed E-state index contributed by atoms with van der Waals surface area (Å²) in [5, 5.41) is 4.55. The van der Waals surface area contributed by atoms with E-state index in [9.17, 15) is 9.59 Å². The fourth-order valence-electron chi connectivity index (χ4n) is 5.10. The third kappa shape index (κ3) is 8.82. The number of benzene rings is 2. The van der Waals surface area contributed by atoms with Gasteiger partial charge in [0.15, 0.2) is 0 Å². The van der Waals surface area contributed by atoms with E-state index < -0.39 is 6.04 Å². The van der Waals surface area contributed by atoms with E-state index in [4.69, 9.17) is 27.9 Å². The molecule has 3 rings (SSSR count). The number of methoxy groups -OCH3 is 1. The molecule has 0 aromatic heterocycles. The molecule has 2 aromatic rings. The fourth-order valence-corrected chi connectivity index (χ4v) is 5.58. The van der Waals surface area contributed by atoms with Crippen molar-refractivity contribution in [1.82, 2.24) is 20.0 Å². The Bertz CT molecular complexity index is 1120. The van der Waals surface area contributed by atoms with E-state index in [1.54, 1.807) is 24.1 Å². The number of hydrogen-bond acceptors (Lipinski definition) is 6. The topological polar surface area (TPSA) is 68.4 Å². The number of piperazine rings is 1. The van der Waals surface area contributed by atoms with Gasteiger partial charge in [0, 0.05) is 74.6 Å². The number of nitrogens with zero attached hydrogens (tertiary/aromatic N) is 4. The van der Waals surface area contributed by atoms with E-state index in [0.29, 0.717) is 55.8 Å². The van der Waals surface area contributed by atoms with Crippen molar-refractivity contribution in [1.29, 1.82) is 0 Å². The van der Waals surface area contributed by atoms with Crippen molar-refractivity contribution in [3.63, 3.8) is 0 Å². The average molecular weight is 593 g/mol. The molecule has 40 heavy (non-hydrogen) atoms. The Morgan fingerprint density at radius 2 is 1.75 bits per heavy atom. The number of nitrogens with one attached hydrogen (secondary N) is 1. The van der Waals surface area contributed by atoms with Crippen LogP contribution >= 0.6 is 23.2 Å². The van der Waals surface area contributed by atoms with Gasteiger partial charge in [0.1, 0.15) is 6.04 Å². The standard InChI is InChI=1S/C30H43Cl2N5O3/c1-6-37(29(38)20-34(3)4)28(17-23-11-12-25(31)18-26(23)32)30(39)36-15-13-35(14-16-36)27-10-8-7-9-24(27)19-33-22(2)21-40-5/h7-12,18,22,28,33H,6,13-17,19-21H2,1-5H3. The van der Waals surface area contributed by atoms with Crippen molar-refractivity contribution in [3.05, 3.63) is 63.6 Å². The molecule has 0 saturated carbocycles. The Morgan fingerprint density at radius 1 is 1.05 bits per heavy atom. The van der Waals surface area contributed by atoms with Crippen LogP contribution in [0, 0.1) is 0 Å². The number of halogens is 2. The lowest BCUT2D eigenvalue weighted by Crippen LogP contribution is -2.57. The zero-order valence-electron chi connectivity index (χ0n) is 24.3. The molecule has 10 heteroatoms. The van der Waals surface area contributed by atoms with E-state index in [2.05, 4.69) is 41.4 Å². The van der Waals surface area contributed by atoms with Gasteiger partial charge in [-0.1, -0.05) is 47.5 Å². The predicted octanol–water partition coefficient (Wildman–Crippen LogP) is 3.79. The zero-order chi connectivity index (χ0) is 29.2. The molecule has 1 N–H and O–H groups in total. The SMILES string of the molecule is CCN(C(=O)CN(C)C)C(Cc1ccc(Cl)cc1Cl)C(=O)N1CCN(c2ccccc2CNC(C)COC)CC1. The lowest BCUT2D eigenvalue weighted by Gasteiger charge is -2.40. The van der Waals surface area contributed by atoms with Crippen molar-refractivity contribution < 1.29 is 14.3 Å². The molecular formula is C30H43Cl2N5O3. The molecule has 2 unspecified atom stereocenters. The molecule has 0 radical (unpaired) electrons. The molecule has 1 fully saturated rings. The van der Waals surface area contributed by atoms with Crippen molar-refractivity contribution in [2.45, 2.75) is 38.9 Å². The minimum absolute atomic E-state index is 0.0528. The summed E-state index contributed by atoms with van der Waals surface area (Å²) in [7, 11) is 5.41. The van der Waals surface area contributed by atoms with Crippen LogP contribution in [0.15, 0.2) is 42.5 Å². The first-order valence-electron chi connectivity index (χ1n) is 13.9. The van der Waals surface area contributed by atoms with Crippen LogP contribution < -0.4 is 10.2 Å². The lowest BCUT2D eigenvalue weighted by molar-refractivity contribution is -0.146. The molecule has 0 spiro atoms. The van der Waals surface area contributed by atoms with Crippen LogP contribution in [0.3, 0.4) is 0 Å². The Labute approximate surface area is 249 Å². The molecule has 0 aliphatic carbocycles. The second-order valence-corrected chi connectivity index (χ2v) is 11.4. The van der Waals surface area contributed by atoms with Crippen LogP contribution in [0.25, 0.3) is 0 Å². The average Bonchev–Trinajstić information content (AvgIpc) is 2.92. The molecule has 1 heterocycles. The van der Waals surface area contributed by atoms with Crippen LogP contribution in [-0.2, 0) is 27.3 Å². The summed E-state index contributed by atoms with van der Waals surface area (Å²) < 4.78 is 5.25. The van der Waals surface area contributed by atoms with Gasteiger partial charge >= 0.3 is 0 Å². The van der Waals surface area contributed by atoms with Crippen molar-refractivity contribution in [2.24, 2.45) is 0 Å². The number of likely N-dealkylation sites (N-methyl/N-ethyl adjacent to an activating group) is 2. The maximum absolute atomic E-state index is 14.0. The first-order valence-corrected chi connectivity index (χ1v) is 14.6. The first-order chi connectivity index (χ1) is 19.1. The number of amides is 2. The van der Waals surface area contributed by atoms with Crippen molar-refractivity contribution in [2.75, 3.05) is 72.0 Å². The highest BCUT2D eigenvalue weighted by Gasteiger charge is 2.34. The van der Waals surface area contributed by atoms with Gasteiger partial charge in [-0.15, -0.1) is 0 Å². The van der Waals surface area contributed by atoms with Crippen LogP contribution in [0.5, 0.6) is 0 Å². The fraction of sp³-hybridized carbons (Fsp3) is 0.533. The quantitative estimate of drug-likeness (QED) is 0.382. The van der Waals surface area contributed by atoms with Crippen molar-refractivity contribution in [3.8, 4) is 0 Å². The number of para-hydroxylation sites is 1. The van der Waals surface area contributed by atoms with Gasteiger partial charge < -0.3 is 29.7 Å². The summed E-state index contributed by atoms with van der Waals surface area (Å²) >= 11 is 12.6. The minimum Gasteiger partial charge on any atom is -0.383 e. The maximum Gasteiger partial charge on any atom is 0.245 e. The molecule has 1 aliphatic heterocycles. The molecule has 2 aromatic carbocycles. The van der Waals surface area contributed by atoms with Crippen LogP contribution in [0.1, 0.15) is 25.0 Å². The number of carbonyl (C=O) groups excluding carboxylic acids is 2. The molecule has 8 nitrogen and oxygen atoms in total. The Kier molecular flexibility index (Phi) is 12.5. The third-order valence-electron chi connectivity index (χ3n) is 7.18.